The fourth-order valence-corrected chi connectivity index (χ4v) is 3.29. The van der Waals surface area contributed by atoms with Crippen LogP contribution in [0.1, 0.15) is 29.0 Å². The topological polar surface area (TPSA) is 93.2 Å². The number of fused-ring (bicyclic) bond motifs is 1. The molecule has 1 fully saturated rings. The fourth-order valence-electron chi connectivity index (χ4n) is 3.29. The Morgan fingerprint density at radius 2 is 2.08 bits per heavy atom. The number of aryl methyl sites for hydroxylation is 2. The molecule has 0 bridgehead atoms. The molecule has 0 aromatic carbocycles. The van der Waals surface area contributed by atoms with E-state index >= 15 is 0 Å². The molecule has 3 aromatic heterocycles. The summed E-state index contributed by atoms with van der Waals surface area (Å²) in [7, 11) is 1.80. The van der Waals surface area contributed by atoms with E-state index in [0.29, 0.717) is 18.0 Å². The monoisotopic (exact) mass is 354 g/mol. The second kappa shape index (κ2) is 6.74. The van der Waals surface area contributed by atoms with E-state index in [4.69, 9.17) is 0 Å². The van der Waals surface area contributed by atoms with Crippen molar-refractivity contribution in [1.82, 2.24) is 34.9 Å². The molecule has 9 nitrogen and oxygen atoms in total. The van der Waals surface area contributed by atoms with Crippen molar-refractivity contribution in [2.24, 2.45) is 13.0 Å². The minimum atomic E-state index is -0.0609. The first-order valence-corrected chi connectivity index (χ1v) is 8.81. The summed E-state index contributed by atoms with van der Waals surface area (Å²) in [4.78, 5) is 18.7. The van der Waals surface area contributed by atoms with Crippen molar-refractivity contribution in [1.29, 1.82) is 0 Å². The van der Waals surface area contributed by atoms with Crippen molar-refractivity contribution >= 4 is 17.4 Å². The SMILES string of the molecule is Cc1nc2ccc(N3CCC(CNC(=O)c4cnn(C)c4)CC3)nn2n1. The molecule has 1 saturated heterocycles. The van der Waals surface area contributed by atoms with E-state index in [2.05, 4.69) is 30.5 Å². The lowest BCUT2D eigenvalue weighted by molar-refractivity contribution is 0.0945. The van der Waals surface area contributed by atoms with Crippen molar-refractivity contribution in [2.45, 2.75) is 19.8 Å². The van der Waals surface area contributed by atoms with Gasteiger partial charge in [0.15, 0.2) is 11.5 Å². The van der Waals surface area contributed by atoms with Gasteiger partial charge in [0.2, 0.25) is 0 Å². The Bertz CT molecular complexity index is 922. The highest BCUT2D eigenvalue weighted by Gasteiger charge is 2.21. The zero-order valence-corrected chi connectivity index (χ0v) is 15.0. The molecule has 0 saturated carbocycles. The minimum absolute atomic E-state index is 0.0609. The van der Waals surface area contributed by atoms with Gasteiger partial charge in [-0.1, -0.05) is 0 Å². The molecule has 136 valence electrons. The molecule has 0 radical (unpaired) electrons. The number of anilines is 1. The second-order valence-corrected chi connectivity index (χ2v) is 6.74. The fraction of sp³-hybridized carbons (Fsp3) is 0.471. The number of piperidine rings is 1. The Kier molecular flexibility index (Phi) is 4.27. The summed E-state index contributed by atoms with van der Waals surface area (Å²) in [6, 6.07) is 3.94. The van der Waals surface area contributed by atoms with Gasteiger partial charge in [-0.25, -0.2) is 4.98 Å². The Morgan fingerprint density at radius 1 is 1.27 bits per heavy atom. The third kappa shape index (κ3) is 3.37. The number of carbonyl (C=O) groups excluding carboxylic acids is 1. The molecular formula is C17H22N8O. The van der Waals surface area contributed by atoms with Crippen molar-refractivity contribution in [2.75, 3.05) is 24.5 Å². The average Bonchev–Trinajstić information content (AvgIpc) is 3.24. The van der Waals surface area contributed by atoms with Crippen LogP contribution in [0.3, 0.4) is 0 Å². The van der Waals surface area contributed by atoms with Gasteiger partial charge in [0, 0.05) is 32.9 Å². The van der Waals surface area contributed by atoms with Gasteiger partial charge in [0.25, 0.3) is 5.91 Å². The van der Waals surface area contributed by atoms with E-state index in [1.807, 2.05) is 19.1 Å². The molecule has 0 atom stereocenters. The molecule has 0 unspecified atom stereocenters. The van der Waals surface area contributed by atoms with E-state index in [-0.39, 0.29) is 5.91 Å². The maximum absolute atomic E-state index is 12.1. The molecule has 1 aliphatic heterocycles. The van der Waals surface area contributed by atoms with Crippen molar-refractivity contribution < 1.29 is 4.79 Å². The lowest BCUT2D eigenvalue weighted by Crippen LogP contribution is -2.39. The number of hydrogen-bond acceptors (Lipinski definition) is 6. The first-order chi connectivity index (χ1) is 12.6. The van der Waals surface area contributed by atoms with E-state index in [1.54, 1.807) is 28.8 Å². The van der Waals surface area contributed by atoms with Crippen LogP contribution in [0.4, 0.5) is 5.82 Å². The molecule has 4 rings (SSSR count). The molecule has 3 aromatic rings. The minimum Gasteiger partial charge on any atom is -0.355 e. The lowest BCUT2D eigenvalue weighted by Gasteiger charge is -2.32. The predicted octanol–water partition coefficient (Wildman–Crippen LogP) is 0.813. The van der Waals surface area contributed by atoms with Gasteiger partial charge in [-0.3, -0.25) is 9.48 Å². The van der Waals surface area contributed by atoms with Crippen LogP contribution in [0, 0.1) is 12.8 Å². The standard InChI is InChI=1S/C17H22N8O/c1-12-20-15-3-4-16(22-25(15)21-12)24-7-5-13(6-8-24)9-18-17(26)14-10-19-23(2)11-14/h3-4,10-11,13H,5-9H2,1-2H3,(H,18,26). The summed E-state index contributed by atoms with van der Waals surface area (Å²) in [5.41, 5.74) is 1.37. The summed E-state index contributed by atoms with van der Waals surface area (Å²) in [5, 5.41) is 15.9. The second-order valence-electron chi connectivity index (χ2n) is 6.74. The molecule has 1 N–H and O–H groups in total. The molecule has 1 aliphatic rings. The van der Waals surface area contributed by atoms with Crippen LogP contribution < -0.4 is 10.2 Å². The van der Waals surface area contributed by atoms with Gasteiger partial charge < -0.3 is 10.2 Å². The third-order valence-corrected chi connectivity index (χ3v) is 4.76. The van der Waals surface area contributed by atoms with E-state index in [9.17, 15) is 4.79 Å². The molecule has 9 heteroatoms. The molecular weight excluding hydrogens is 332 g/mol. The molecule has 26 heavy (non-hydrogen) atoms. The van der Waals surface area contributed by atoms with Crippen molar-refractivity contribution in [3.05, 3.63) is 35.9 Å². The normalized spacial score (nSPS) is 15.5. The molecule has 4 heterocycles. The van der Waals surface area contributed by atoms with E-state index in [0.717, 1.165) is 43.2 Å². The maximum atomic E-state index is 12.1. The van der Waals surface area contributed by atoms with Crippen molar-refractivity contribution in [3.63, 3.8) is 0 Å². The van der Waals surface area contributed by atoms with Crippen LogP contribution in [0.25, 0.3) is 5.65 Å². The largest absolute Gasteiger partial charge is 0.355 e. The van der Waals surface area contributed by atoms with E-state index in [1.165, 1.54) is 0 Å². The number of hydrogen-bond donors (Lipinski definition) is 1. The van der Waals surface area contributed by atoms with Crippen LogP contribution in [0.15, 0.2) is 24.5 Å². The number of aromatic nitrogens is 6. The lowest BCUT2D eigenvalue weighted by atomic mass is 9.96. The summed E-state index contributed by atoms with van der Waals surface area (Å²) < 4.78 is 3.22. The Morgan fingerprint density at radius 3 is 2.81 bits per heavy atom. The third-order valence-electron chi connectivity index (χ3n) is 4.76. The van der Waals surface area contributed by atoms with Gasteiger partial charge in [-0.15, -0.1) is 14.8 Å². The van der Waals surface area contributed by atoms with Crippen LogP contribution in [-0.2, 0) is 7.05 Å². The zero-order chi connectivity index (χ0) is 18.1. The first-order valence-electron chi connectivity index (χ1n) is 8.81. The number of nitrogens with one attached hydrogen (secondary N) is 1. The van der Waals surface area contributed by atoms with Crippen LogP contribution in [0.2, 0.25) is 0 Å². The highest BCUT2D eigenvalue weighted by atomic mass is 16.1. The predicted molar refractivity (Wildman–Crippen MR) is 96.0 cm³/mol. The maximum Gasteiger partial charge on any atom is 0.254 e. The highest BCUT2D eigenvalue weighted by molar-refractivity contribution is 5.93. The smallest absolute Gasteiger partial charge is 0.254 e. The molecule has 0 aliphatic carbocycles. The first kappa shape index (κ1) is 16.5. The number of carbonyl (C=O) groups is 1. The van der Waals surface area contributed by atoms with Crippen LogP contribution in [-0.4, -0.2) is 55.1 Å². The highest BCUT2D eigenvalue weighted by Crippen LogP contribution is 2.21. The average molecular weight is 354 g/mol. The zero-order valence-electron chi connectivity index (χ0n) is 15.0. The summed E-state index contributed by atoms with van der Waals surface area (Å²) in [6.45, 7) is 4.38. The number of amides is 1. The Balaban J connectivity index is 1.31. The number of rotatable bonds is 4. The van der Waals surface area contributed by atoms with Gasteiger partial charge in [-0.2, -0.15) is 5.10 Å². The summed E-state index contributed by atoms with van der Waals surface area (Å²) >= 11 is 0. The Labute approximate surface area is 151 Å². The van der Waals surface area contributed by atoms with Gasteiger partial charge in [0.1, 0.15) is 5.82 Å². The quantitative estimate of drug-likeness (QED) is 0.745. The van der Waals surface area contributed by atoms with Gasteiger partial charge in [-0.05, 0) is 37.8 Å². The van der Waals surface area contributed by atoms with E-state index < -0.39 is 0 Å². The Hall–Kier alpha value is -2.97. The van der Waals surface area contributed by atoms with Crippen LogP contribution in [0.5, 0.6) is 0 Å². The van der Waals surface area contributed by atoms with Gasteiger partial charge >= 0.3 is 0 Å². The van der Waals surface area contributed by atoms with Gasteiger partial charge in [0.05, 0.1) is 11.8 Å². The molecule has 0 spiro atoms. The molecule has 1 amide bonds. The number of nitrogens with zero attached hydrogens (tertiary/aromatic N) is 7. The summed E-state index contributed by atoms with van der Waals surface area (Å²) in [6.07, 6.45) is 5.35. The summed E-state index contributed by atoms with van der Waals surface area (Å²) in [5.74, 6) is 2.05. The van der Waals surface area contributed by atoms with Crippen LogP contribution >= 0.6 is 0 Å². The van der Waals surface area contributed by atoms with Crippen molar-refractivity contribution in [3.8, 4) is 0 Å².